The summed E-state index contributed by atoms with van der Waals surface area (Å²) in [6.45, 7) is 1.77. The average molecular weight is 358 g/mol. The third-order valence-corrected chi connectivity index (χ3v) is 4.12. The molecule has 0 saturated heterocycles. The standard InChI is InChI=1S/C20H15FN6/c1-12-23-10-15(11-24-12)19-18(21)6-13(7-25-19)16-4-2-3-5-17(16)14-8-26-20(22)27-9-14/h2-11H,1H3,(H2,22,26,27). The summed E-state index contributed by atoms with van der Waals surface area (Å²) < 4.78 is 14.7. The number of benzene rings is 1. The summed E-state index contributed by atoms with van der Waals surface area (Å²) in [5, 5.41) is 0. The Kier molecular flexibility index (Phi) is 4.25. The van der Waals surface area contributed by atoms with Crippen LogP contribution in [0.2, 0.25) is 0 Å². The van der Waals surface area contributed by atoms with Gasteiger partial charge in [0.05, 0.1) is 0 Å². The van der Waals surface area contributed by atoms with Crippen LogP contribution >= 0.6 is 0 Å². The van der Waals surface area contributed by atoms with Gasteiger partial charge in [-0.3, -0.25) is 4.98 Å². The van der Waals surface area contributed by atoms with Crippen LogP contribution in [0, 0.1) is 12.7 Å². The van der Waals surface area contributed by atoms with E-state index in [9.17, 15) is 4.39 Å². The molecule has 0 amide bonds. The number of nitrogens with zero attached hydrogens (tertiary/aromatic N) is 5. The number of hydrogen-bond donors (Lipinski definition) is 1. The van der Waals surface area contributed by atoms with Crippen LogP contribution in [-0.2, 0) is 0 Å². The van der Waals surface area contributed by atoms with Crippen molar-refractivity contribution in [3.05, 3.63) is 73.0 Å². The van der Waals surface area contributed by atoms with E-state index in [2.05, 4.69) is 24.9 Å². The Bertz CT molecular complexity index is 1090. The molecule has 3 aromatic heterocycles. The molecule has 0 spiro atoms. The van der Waals surface area contributed by atoms with E-state index >= 15 is 0 Å². The average Bonchev–Trinajstić information content (AvgIpc) is 2.69. The summed E-state index contributed by atoms with van der Waals surface area (Å²) in [4.78, 5) is 20.6. The molecule has 0 aliphatic carbocycles. The summed E-state index contributed by atoms with van der Waals surface area (Å²) in [6.07, 6.45) is 8.04. The highest BCUT2D eigenvalue weighted by Crippen LogP contribution is 2.32. The summed E-state index contributed by atoms with van der Waals surface area (Å²) >= 11 is 0. The number of nitrogen functional groups attached to an aromatic ring is 1. The minimum absolute atomic E-state index is 0.202. The van der Waals surface area contributed by atoms with Crippen LogP contribution in [0.1, 0.15) is 5.82 Å². The maximum Gasteiger partial charge on any atom is 0.219 e. The van der Waals surface area contributed by atoms with Gasteiger partial charge in [0.25, 0.3) is 0 Å². The molecule has 0 atom stereocenters. The van der Waals surface area contributed by atoms with Crippen molar-refractivity contribution in [3.8, 4) is 33.5 Å². The van der Waals surface area contributed by atoms with E-state index in [1.165, 1.54) is 6.07 Å². The van der Waals surface area contributed by atoms with Crippen molar-refractivity contribution >= 4 is 5.95 Å². The molecule has 27 heavy (non-hydrogen) atoms. The van der Waals surface area contributed by atoms with Crippen molar-refractivity contribution in [1.82, 2.24) is 24.9 Å². The fourth-order valence-corrected chi connectivity index (χ4v) is 2.78. The second kappa shape index (κ2) is 6.87. The van der Waals surface area contributed by atoms with Crippen LogP contribution in [0.25, 0.3) is 33.5 Å². The van der Waals surface area contributed by atoms with Crippen LogP contribution in [0.3, 0.4) is 0 Å². The molecule has 2 N–H and O–H groups in total. The fraction of sp³-hybridized carbons (Fsp3) is 0.0500. The first-order valence-electron chi connectivity index (χ1n) is 8.23. The molecule has 0 aliphatic rings. The number of nitrogens with two attached hydrogens (primary N) is 1. The SMILES string of the molecule is Cc1ncc(-c2ncc(-c3ccccc3-c3cnc(N)nc3)cc2F)cn1. The summed E-state index contributed by atoms with van der Waals surface area (Å²) in [6, 6.07) is 9.06. The minimum Gasteiger partial charge on any atom is -0.368 e. The van der Waals surface area contributed by atoms with Gasteiger partial charge < -0.3 is 5.73 Å². The first-order valence-corrected chi connectivity index (χ1v) is 8.23. The van der Waals surface area contributed by atoms with Gasteiger partial charge >= 0.3 is 0 Å². The number of aromatic nitrogens is 5. The maximum atomic E-state index is 14.7. The molecule has 7 heteroatoms. The Hall–Kier alpha value is -3.74. The topological polar surface area (TPSA) is 90.5 Å². The van der Waals surface area contributed by atoms with E-state index < -0.39 is 5.82 Å². The van der Waals surface area contributed by atoms with Gasteiger partial charge in [0.1, 0.15) is 17.3 Å². The van der Waals surface area contributed by atoms with Gasteiger partial charge in [-0.15, -0.1) is 0 Å². The first-order chi connectivity index (χ1) is 13.1. The van der Waals surface area contributed by atoms with Gasteiger partial charge in [0.15, 0.2) is 0 Å². The third kappa shape index (κ3) is 3.35. The second-order valence-electron chi connectivity index (χ2n) is 5.95. The van der Waals surface area contributed by atoms with E-state index in [0.717, 1.165) is 16.7 Å². The van der Waals surface area contributed by atoms with Gasteiger partial charge in [-0.2, -0.15) is 0 Å². The highest BCUT2D eigenvalue weighted by atomic mass is 19.1. The van der Waals surface area contributed by atoms with Crippen molar-refractivity contribution in [1.29, 1.82) is 0 Å². The van der Waals surface area contributed by atoms with E-state index in [1.807, 2.05) is 24.3 Å². The van der Waals surface area contributed by atoms with E-state index in [1.54, 1.807) is 37.9 Å². The van der Waals surface area contributed by atoms with Crippen molar-refractivity contribution in [2.75, 3.05) is 5.73 Å². The molecule has 3 heterocycles. The Morgan fingerprint density at radius 2 is 1.30 bits per heavy atom. The molecule has 0 fully saturated rings. The zero-order valence-electron chi connectivity index (χ0n) is 14.5. The Morgan fingerprint density at radius 1 is 0.741 bits per heavy atom. The summed E-state index contributed by atoms with van der Waals surface area (Å²) in [7, 11) is 0. The van der Waals surface area contributed by atoms with Crippen LogP contribution in [0.15, 0.2) is 61.3 Å². The lowest BCUT2D eigenvalue weighted by Gasteiger charge is -2.11. The molecular weight excluding hydrogens is 343 g/mol. The molecule has 6 nitrogen and oxygen atoms in total. The minimum atomic E-state index is -0.441. The normalized spacial score (nSPS) is 10.7. The van der Waals surface area contributed by atoms with Gasteiger partial charge in [-0.05, 0) is 24.1 Å². The van der Waals surface area contributed by atoms with Crippen molar-refractivity contribution in [3.63, 3.8) is 0 Å². The highest BCUT2D eigenvalue weighted by Gasteiger charge is 2.13. The van der Waals surface area contributed by atoms with E-state index in [4.69, 9.17) is 5.73 Å². The number of hydrogen-bond acceptors (Lipinski definition) is 6. The van der Waals surface area contributed by atoms with E-state index in [0.29, 0.717) is 17.0 Å². The predicted molar refractivity (Wildman–Crippen MR) is 101 cm³/mol. The number of anilines is 1. The van der Waals surface area contributed by atoms with Crippen LogP contribution in [0.5, 0.6) is 0 Å². The molecule has 4 aromatic rings. The van der Waals surface area contributed by atoms with Crippen LogP contribution < -0.4 is 5.73 Å². The Morgan fingerprint density at radius 3 is 1.93 bits per heavy atom. The molecule has 0 aliphatic heterocycles. The first kappa shape index (κ1) is 16.7. The Balaban J connectivity index is 1.78. The lowest BCUT2D eigenvalue weighted by atomic mass is 9.97. The van der Waals surface area contributed by atoms with E-state index in [-0.39, 0.29) is 11.6 Å². The van der Waals surface area contributed by atoms with Gasteiger partial charge in [-0.25, -0.2) is 24.3 Å². The highest BCUT2D eigenvalue weighted by molar-refractivity contribution is 5.83. The molecule has 0 radical (unpaired) electrons. The maximum absolute atomic E-state index is 14.7. The fourth-order valence-electron chi connectivity index (χ4n) is 2.78. The third-order valence-electron chi connectivity index (χ3n) is 4.12. The molecule has 132 valence electrons. The Labute approximate surface area is 155 Å². The van der Waals surface area contributed by atoms with Crippen molar-refractivity contribution in [2.24, 2.45) is 0 Å². The van der Waals surface area contributed by atoms with Crippen LogP contribution in [-0.4, -0.2) is 24.9 Å². The van der Waals surface area contributed by atoms with Crippen molar-refractivity contribution < 1.29 is 4.39 Å². The molecule has 0 saturated carbocycles. The number of rotatable bonds is 3. The molecular formula is C20H15FN6. The lowest BCUT2D eigenvalue weighted by molar-refractivity contribution is 0.626. The summed E-state index contributed by atoms with van der Waals surface area (Å²) in [5.41, 5.74) is 9.44. The predicted octanol–water partition coefficient (Wildman–Crippen LogP) is 3.69. The molecule has 0 bridgehead atoms. The van der Waals surface area contributed by atoms with Crippen molar-refractivity contribution in [2.45, 2.75) is 6.92 Å². The zero-order valence-corrected chi connectivity index (χ0v) is 14.5. The van der Waals surface area contributed by atoms with Gasteiger partial charge in [-0.1, -0.05) is 24.3 Å². The van der Waals surface area contributed by atoms with Gasteiger partial charge in [0.2, 0.25) is 5.95 Å². The molecule has 4 rings (SSSR count). The lowest BCUT2D eigenvalue weighted by Crippen LogP contribution is -1.96. The van der Waals surface area contributed by atoms with Gasteiger partial charge in [0, 0.05) is 47.7 Å². The van der Waals surface area contributed by atoms with Crippen LogP contribution in [0.4, 0.5) is 10.3 Å². The monoisotopic (exact) mass is 358 g/mol. The summed E-state index contributed by atoms with van der Waals surface area (Å²) in [5.74, 6) is 0.382. The zero-order chi connectivity index (χ0) is 18.8. The number of pyridine rings is 1. The quantitative estimate of drug-likeness (QED) is 0.601. The number of halogens is 1. The second-order valence-corrected chi connectivity index (χ2v) is 5.95. The molecule has 0 unspecified atom stereocenters. The number of aryl methyl sites for hydroxylation is 1. The smallest absolute Gasteiger partial charge is 0.219 e. The largest absolute Gasteiger partial charge is 0.368 e. The molecule has 1 aromatic carbocycles.